The van der Waals surface area contributed by atoms with Crippen LogP contribution in [-0.4, -0.2) is 5.54 Å². The second kappa shape index (κ2) is 4.22. The fraction of sp³-hybridized carbons (Fsp3) is 1.00. The summed E-state index contributed by atoms with van der Waals surface area (Å²) in [7, 11) is 0. The van der Waals surface area contributed by atoms with Gasteiger partial charge in [0.05, 0.1) is 0 Å². The molecule has 1 nitrogen and oxygen atoms in total. The number of rotatable bonds is 3. The molecule has 0 heterocycles. The smallest absolute Gasteiger partial charge is 0.00971 e. The Morgan fingerprint density at radius 2 is 2.00 bits per heavy atom. The molecular weight excluding hydrogens is 170 g/mol. The molecule has 2 N–H and O–H groups in total. The molecule has 1 atom stereocenters. The van der Waals surface area contributed by atoms with Crippen molar-refractivity contribution < 1.29 is 0 Å². The Hall–Kier alpha value is -0.0400. The summed E-state index contributed by atoms with van der Waals surface area (Å²) in [6, 6.07) is 0. The highest BCUT2D eigenvalue weighted by Crippen LogP contribution is 2.40. The predicted molar refractivity (Wildman–Crippen MR) is 63.2 cm³/mol. The molecule has 1 saturated carbocycles. The highest BCUT2D eigenvalue weighted by atomic mass is 14.7. The first-order valence-electron chi connectivity index (χ1n) is 6.07. The van der Waals surface area contributed by atoms with Crippen molar-refractivity contribution in [1.82, 2.24) is 0 Å². The fourth-order valence-electron chi connectivity index (χ4n) is 2.68. The fourth-order valence-corrected chi connectivity index (χ4v) is 2.68. The van der Waals surface area contributed by atoms with E-state index < -0.39 is 0 Å². The minimum absolute atomic E-state index is 0.0294. The van der Waals surface area contributed by atoms with Crippen molar-refractivity contribution in [3.8, 4) is 0 Å². The minimum atomic E-state index is 0.0294. The molecule has 0 amide bonds. The van der Waals surface area contributed by atoms with Crippen molar-refractivity contribution in [3.63, 3.8) is 0 Å². The molecule has 1 aliphatic carbocycles. The molecule has 0 radical (unpaired) electrons. The SMILES string of the molecule is CC(C)(N)CCC1CCCC(C)(C)C1. The maximum Gasteiger partial charge on any atom is 0.00971 e. The van der Waals surface area contributed by atoms with Crippen LogP contribution in [0.2, 0.25) is 0 Å². The van der Waals surface area contributed by atoms with Crippen LogP contribution in [0.3, 0.4) is 0 Å². The topological polar surface area (TPSA) is 26.0 Å². The van der Waals surface area contributed by atoms with Gasteiger partial charge in [0.15, 0.2) is 0 Å². The Labute approximate surface area is 89.5 Å². The monoisotopic (exact) mass is 197 g/mol. The standard InChI is InChI=1S/C13H27N/c1-12(2)8-5-6-11(10-12)7-9-13(3,4)14/h11H,5-10,14H2,1-4H3. The van der Waals surface area contributed by atoms with Gasteiger partial charge in [-0.3, -0.25) is 0 Å². The maximum atomic E-state index is 6.02. The summed E-state index contributed by atoms with van der Waals surface area (Å²) in [4.78, 5) is 0. The van der Waals surface area contributed by atoms with Crippen molar-refractivity contribution in [2.24, 2.45) is 17.1 Å². The number of hydrogen-bond acceptors (Lipinski definition) is 1. The quantitative estimate of drug-likeness (QED) is 0.733. The third-order valence-electron chi connectivity index (χ3n) is 3.50. The second-order valence-electron chi connectivity index (χ2n) is 6.65. The summed E-state index contributed by atoms with van der Waals surface area (Å²) in [5.41, 5.74) is 6.63. The molecule has 1 heteroatoms. The zero-order valence-electron chi connectivity index (χ0n) is 10.4. The summed E-state index contributed by atoms with van der Waals surface area (Å²) in [6.07, 6.45) is 8.17. The molecule has 1 rings (SSSR count). The van der Waals surface area contributed by atoms with Gasteiger partial charge in [0.2, 0.25) is 0 Å². The molecule has 0 aromatic rings. The van der Waals surface area contributed by atoms with E-state index in [0.717, 1.165) is 5.92 Å². The zero-order chi connectivity index (χ0) is 10.8. The van der Waals surface area contributed by atoms with Gasteiger partial charge in [-0.1, -0.05) is 26.7 Å². The van der Waals surface area contributed by atoms with Crippen LogP contribution in [0.4, 0.5) is 0 Å². The molecule has 14 heavy (non-hydrogen) atoms. The molecular formula is C13H27N. The molecule has 0 bridgehead atoms. The minimum Gasteiger partial charge on any atom is -0.326 e. The van der Waals surface area contributed by atoms with E-state index >= 15 is 0 Å². The molecule has 1 unspecified atom stereocenters. The maximum absolute atomic E-state index is 6.02. The Morgan fingerprint density at radius 3 is 2.50 bits per heavy atom. The van der Waals surface area contributed by atoms with Gasteiger partial charge in [0, 0.05) is 5.54 Å². The Bertz CT molecular complexity index is 176. The summed E-state index contributed by atoms with van der Waals surface area (Å²) in [6.45, 7) is 9.10. The van der Waals surface area contributed by atoms with Crippen LogP contribution in [0.15, 0.2) is 0 Å². The third-order valence-corrected chi connectivity index (χ3v) is 3.50. The molecule has 0 aliphatic heterocycles. The van der Waals surface area contributed by atoms with E-state index in [1.165, 1.54) is 38.5 Å². The van der Waals surface area contributed by atoms with E-state index in [2.05, 4.69) is 27.7 Å². The molecule has 84 valence electrons. The predicted octanol–water partition coefficient (Wildman–Crippen LogP) is 3.72. The van der Waals surface area contributed by atoms with Crippen molar-refractivity contribution in [1.29, 1.82) is 0 Å². The third kappa shape index (κ3) is 4.45. The first-order chi connectivity index (χ1) is 6.29. The number of hydrogen-bond donors (Lipinski definition) is 1. The lowest BCUT2D eigenvalue weighted by molar-refractivity contribution is 0.166. The van der Waals surface area contributed by atoms with Gasteiger partial charge in [-0.2, -0.15) is 0 Å². The molecule has 1 aliphatic rings. The Balaban J connectivity index is 2.32. The van der Waals surface area contributed by atoms with Crippen molar-refractivity contribution in [3.05, 3.63) is 0 Å². The molecule has 0 spiro atoms. The van der Waals surface area contributed by atoms with Crippen molar-refractivity contribution >= 4 is 0 Å². The van der Waals surface area contributed by atoms with Crippen molar-refractivity contribution in [2.75, 3.05) is 0 Å². The summed E-state index contributed by atoms with van der Waals surface area (Å²) in [5, 5.41) is 0. The van der Waals surface area contributed by atoms with Gasteiger partial charge in [0.1, 0.15) is 0 Å². The van der Waals surface area contributed by atoms with Gasteiger partial charge >= 0.3 is 0 Å². The van der Waals surface area contributed by atoms with Gasteiger partial charge < -0.3 is 5.73 Å². The van der Waals surface area contributed by atoms with E-state index in [9.17, 15) is 0 Å². The molecule has 0 aromatic carbocycles. The average molecular weight is 197 g/mol. The van der Waals surface area contributed by atoms with Gasteiger partial charge in [-0.15, -0.1) is 0 Å². The first kappa shape index (κ1) is 12.0. The van der Waals surface area contributed by atoms with Crippen LogP contribution in [0.1, 0.15) is 66.2 Å². The number of nitrogens with two attached hydrogens (primary N) is 1. The van der Waals surface area contributed by atoms with Crippen LogP contribution >= 0.6 is 0 Å². The highest BCUT2D eigenvalue weighted by Gasteiger charge is 2.28. The van der Waals surface area contributed by atoms with Crippen LogP contribution < -0.4 is 5.73 Å². The average Bonchev–Trinajstić information content (AvgIpc) is 1.98. The van der Waals surface area contributed by atoms with E-state index in [1.807, 2.05) is 0 Å². The van der Waals surface area contributed by atoms with Gasteiger partial charge in [-0.25, -0.2) is 0 Å². The van der Waals surface area contributed by atoms with E-state index in [-0.39, 0.29) is 5.54 Å². The highest BCUT2D eigenvalue weighted by molar-refractivity contribution is 4.81. The zero-order valence-corrected chi connectivity index (χ0v) is 10.4. The molecule has 1 fully saturated rings. The lowest BCUT2D eigenvalue weighted by Crippen LogP contribution is -2.33. The van der Waals surface area contributed by atoms with Crippen molar-refractivity contribution in [2.45, 2.75) is 71.8 Å². The lowest BCUT2D eigenvalue weighted by Gasteiger charge is -2.36. The molecule has 0 aromatic heterocycles. The van der Waals surface area contributed by atoms with E-state index in [1.54, 1.807) is 0 Å². The van der Waals surface area contributed by atoms with Crippen LogP contribution in [0.25, 0.3) is 0 Å². The normalized spacial score (nSPS) is 27.6. The van der Waals surface area contributed by atoms with Crippen LogP contribution in [0.5, 0.6) is 0 Å². The molecule has 0 saturated heterocycles. The largest absolute Gasteiger partial charge is 0.326 e. The Morgan fingerprint density at radius 1 is 1.36 bits per heavy atom. The van der Waals surface area contributed by atoms with Gasteiger partial charge in [0.25, 0.3) is 0 Å². The first-order valence-corrected chi connectivity index (χ1v) is 6.07. The summed E-state index contributed by atoms with van der Waals surface area (Å²) >= 11 is 0. The summed E-state index contributed by atoms with van der Waals surface area (Å²) < 4.78 is 0. The van der Waals surface area contributed by atoms with E-state index in [4.69, 9.17) is 5.73 Å². The lowest BCUT2D eigenvalue weighted by atomic mass is 9.70. The second-order valence-corrected chi connectivity index (χ2v) is 6.65. The Kier molecular flexibility index (Phi) is 3.63. The summed E-state index contributed by atoms with van der Waals surface area (Å²) in [5.74, 6) is 0.932. The van der Waals surface area contributed by atoms with Gasteiger partial charge in [-0.05, 0) is 50.9 Å². The van der Waals surface area contributed by atoms with Crippen LogP contribution in [0, 0.1) is 11.3 Å². The van der Waals surface area contributed by atoms with E-state index in [0.29, 0.717) is 5.41 Å². The van der Waals surface area contributed by atoms with Crippen LogP contribution in [-0.2, 0) is 0 Å².